The van der Waals surface area contributed by atoms with Crippen LogP contribution in [0.25, 0.3) is 0 Å². The second-order valence-electron chi connectivity index (χ2n) is 4.63. The zero-order valence-corrected chi connectivity index (χ0v) is 12.0. The third-order valence-electron chi connectivity index (χ3n) is 2.70. The highest BCUT2D eigenvalue weighted by molar-refractivity contribution is 7.99. The number of nitrogens with zero attached hydrogens (tertiary/aromatic N) is 1. The van der Waals surface area contributed by atoms with Gasteiger partial charge in [0.2, 0.25) is 5.88 Å². The summed E-state index contributed by atoms with van der Waals surface area (Å²) in [7, 11) is 0. The number of rotatable bonds is 6. The smallest absolute Gasteiger partial charge is 0.311 e. The van der Waals surface area contributed by atoms with E-state index in [2.05, 4.69) is 9.97 Å². The maximum absolute atomic E-state index is 11.7. The first-order valence-electron chi connectivity index (χ1n) is 5.95. The van der Waals surface area contributed by atoms with Gasteiger partial charge in [-0.2, -0.15) is 4.98 Å². The number of carbonyl (C=O) groups is 1. The molecule has 1 heterocycles. The van der Waals surface area contributed by atoms with Crippen LogP contribution in [0.3, 0.4) is 0 Å². The van der Waals surface area contributed by atoms with E-state index >= 15 is 0 Å². The van der Waals surface area contributed by atoms with Crippen molar-refractivity contribution in [1.29, 1.82) is 0 Å². The maximum atomic E-state index is 11.7. The largest absolute Gasteiger partial charge is 0.493 e. The second kappa shape index (κ2) is 6.60. The monoisotopic (exact) mass is 286 g/mol. The summed E-state index contributed by atoms with van der Waals surface area (Å²) in [5.74, 6) is -0.110. The summed E-state index contributed by atoms with van der Waals surface area (Å²) in [5, 5.41) is 9.45. The van der Waals surface area contributed by atoms with Crippen molar-refractivity contribution >= 4 is 17.7 Å². The molecule has 0 saturated heterocycles. The van der Waals surface area contributed by atoms with E-state index in [0.717, 1.165) is 6.07 Å². The number of nitrogens with one attached hydrogen (secondary N) is 1. The van der Waals surface area contributed by atoms with Crippen LogP contribution in [0.4, 0.5) is 0 Å². The molecule has 0 aliphatic heterocycles. The summed E-state index contributed by atoms with van der Waals surface area (Å²) in [6.45, 7) is 5.82. The predicted octanol–water partition coefficient (Wildman–Crippen LogP) is 1.55. The lowest BCUT2D eigenvalue weighted by Gasteiger charge is -2.20. The lowest BCUT2D eigenvalue weighted by atomic mass is 9.91. The Morgan fingerprint density at radius 2 is 2.26 bits per heavy atom. The molecule has 6 nitrogen and oxygen atoms in total. The van der Waals surface area contributed by atoms with Crippen molar-refractivity contribution in [2.24, 2.45) is 5.41 Å². The molecule has 0 aliphatic rings. The minimum atomic E-state index is -0.484. The molecule has 19 heavy (non-hydrogen) atoms. The third-order valence-corrected chi connectivity index (χ3v) is 3.54. The SMILES string of the molecule is CCC(C)(C)C(=O)OCCSc1nc(O)cc(=O)[nH]1. The van der Waals surface area contributed by atoms with Gasteiger partial charge in [0.05, 0.1) is 11.5 Å². The third kappa shape index (κ3) is 4.94. The quantitative estimate of drug-likeness (QED) is 0.357. The van der Waals surface area contributed by atoms with E-state index in [4.69, 9.17) is 9.84 Å². The van der Waals surface area contributed by atoms with Crippen molar-refractivity contribution < 1.29 is 14.6 Å². The fourth-order valence-corrected chi connectivity index (χ4v) is 1.79. The van der Waals surface area contributed by atoms with Crippen LogP contribution in [0.1, 0.15) is 27.2 Å². The van der Waals surface area contributed by atoms with E-state index < -0.39 is 11.0 Å². The van der Waals surface area contributed by atoms with Gasteiger partial charge in [0, 0.05) is 5.75 Å². The molecule has 0 fully saturated rings. The van der Waals surface area contributed by atoms with E-state index in [1.165, 1.54) is 11.8 Å². The number of esters is 1. The standard InChI is InChI=1S/C12H18N2O4S/c1-4-12(2,3)10(17)18-5-6-19-11-13-8(15)7-9(16)14-11/h7H,4-6H2,1-3H3,(H2,13,14,15,16). The molecule has 0 radical (unpaired) electrons. The molecule has 0 atom stereocenters. The number of hydrogen-bond acceptors (Lipinski definition) is 6. The molecule has 0 saturated carbocycles. The number of hydrogen-bond donors (Lipinski definition) is 2. The van der Waals surface area contributed by atoms with Gasteiger partial charge >= 0.3 is 5.97 Å². The second-order valence-corrected chi connectivity index (χ2v) is 5.71. The van der Waals surface area contributed by atoms with Crippen molar-refractivity contribution in [2.45, 2.75) is 32.3 Å². The molecular weight excluding hydrogens is 268 g/mol. The van der Waals surface area contributed by atoms with Crippen molar-refractivity contribution in [3.8, 4) is 5.88 Å². The summed E-state index contributed by atoms with van der Waals surface area (Å²) < 4.78 is 5.14. The molecule has 0 amide bonds. The van der Waals surface area contributed by atoms with Crippen LogP contribution < -0.4 is 5.56 Å². The molecule has 1 aromatic heterocycles. The molecule has 0 spiro atoms. The number of H-pyrrole nitrogens is 1. The van der Waals surface area contributed by atoms with Crippen LogP contribution in [0.2, 0.25) is 0 Å². The van der Waals surface area contributed by atoms with E-state index in [1.807, 2.05) is 20.8 Å². The van der Waals surface area contributed by atoms with E-state index in [1.54, 1.807) is 0 Å². The van der Waals surface area contributed by atoms with Crippen LogP contribution in [0.15, 0.2) is 16.0 Å². The fraction of sp³-hybridized carbons (Fsp3) is 0.583. The normalized spacial score (nSPS) is 11.3. The molecule has 1 aromatic rings. The van der Waals surface area contributed by atoms with Crippen molar-refractivity contribution in [3.05, 3.63) is 16.4 Å². The summed E-state index contributed by atoms with van der Waals surface area (Å²) in [6.07, 6.45) is 0.709. The zero-order chi connectivity index (χ0) is 14.5. The van der Waals surface area contributed by atoms with Gasteiger partial charge in [-0.1, -0.05) is 18.7 Å². The Labute approximate surface area is 115 Å². The van der Waals surface area contributed by atoms with Crippen LogP contribution in [-0.2, 0) is 9.53 Å². The van der Waals surface area contributed by atoms with Gasteiger partial charge in [0.15, 0.2) is 5.16 Å². The zero-order valence-electron chi connectivity index (χ0n) is 11.2. The first-order valence-corrected chi connectivity index (χ1v) is 6.94. The highest BCUT2D eigenvalue weighted by Gasteiger charge is 2.26. The minimum Gasteiger partial charge on any atom is -0.493 e. The van der Waals surface area contributed by atoms with Crippen LogP contribution in [-0.4, -0.2) is 33.4 Å². The van der Waals surface area contributed by atoms with Crippen LogP contribution >= 0.6 is 11.8 Å². The van der Waals surface area contributed by atoms with Gasteiger partial charge in [-0.3, -0.25) is 9.59 Å². The number of aromatic amines is 1. The Morgan fingerprint density at radius 1 is 1.58 bits per heavy atom. The Morgan fingerprint density at radius 3 is 2.84 bits per heavy atom. The molecule has 1 rings (SSSR count). The Hall–Kier alpha value is -1.50. The average molecular weight is 286 g/mol. The number of aromatic hydroxyl groups is 1. The first-order chi connectivity index (χ1) is 8.85. The number of aromatic nitrogens is 2. The number of carbonyl (C=O) groups excluding carboxylic acids is 1. The lowest BCUT2D eigenvalue weighted by molar-refractivity contribution is -0.153. The highest BCUT2D eigenvalue weighted by atomic mass is 32.2. The van der Waals surface area contributed by atoms with Gasteiger partial charge in [-0.25, -0.2) is 0 Å². The molecular formula is C12H18N2O4S. The van der Waals surface area contributed by atoms with Gasteiger partial charge < -0.3 is 14.8 Å². The Kier molecular flexibility index (Phi) is 5.41. The molecule has 2 N–H and O–H groups in total. The fourth-order valence-electron chi connectivity index (χ4n) is 1.10. The number of ether oxygens (including phenoxy) is 1. The predicted molar refractivity (Wildman–Crippen MR) is 72.3 cm³/mol. The van der Waals surface area contributed by atoms with E-state index in [0.29, 0.717) is 17.3 Å². The average Bonchev–Trinajstić information content (AvgIpc) is 2.33. The summed E-state index contributed by atoms with van der Waals surface area (Å²) in [4.78, 5) is 29.0. The minimum absolute atomic E-state index is 0.228. The first kappa shape index (κ1) is 15.6. The van der Waals surface area contributed by atoms with Gasteiger partial charge in [-0.05, 0) is 20.3 Å². The van der Waals surface area contributed by atoms with Gasteiger partial charge in [0.25, 0.3) is 5.56 Å². The van der Waals surface area contributed by atoms with Gasteiger partial charge in [0.1, 0.15) is 6.61 Å². The van der Waals surface area contributed by atoms with Crippen LogP contribution in [0.5, 0.6) is 5.88 Å². The molecule has 0 unspecified atom stereocenters. The van der Waals surface area contributed by atoms with Crippen molar-refractivity contribution in [3.63, 3.8) is 0 Å². The lowest BCUT2D eigenvalue weighted by Crippen LogP contribution is -2.26. The topological polar surface area (TPSA) is 92.3 Å². The maximum Gasteiger partial charge on any atom is 0.311 e. The Bertz CT molecular complexity index is 499. The molecule has 7 heteroatoms. The molecule has 0 aliphatic carbocycles. The van der Waals surface area contributed by atoms with Crippen molar-refractivity contribution in [1.82, 2.24) is 9.97 Å². The van der Waals surface area contributed by atoms with Gasteiger partial charge in [-0.15, -0.1) is 0 Å². The summed E-state index contributed by atoms with van der Waals surface area (Å²) in [6, 6.07) is 0.994. The number of thioether (sulfide) groups is 1. The molecule has 0 aromatic carbocycles. The van der Waals surface area contributed by atoms with E-state index in [9.17, 15) is 9.59 Å². The van der Waals surface area contributed by atoms with Crippen LogP contribution in [0, 0.1) is 5.41 Å². The highest BCUT2D eigenvalue weighted by Crippen LogP contribution is 2.21. The molecule has 0 bridgehead atoms. The van der Waals surface area contributed by atoms with E-state index in [-0.39, 0.29) is 18.5 Å². The Balaban J connectivity index is 2.39. The molecule has 106 valence electrons. The summed E-state index contributed by atoms with van der Waals surface area (Å²) >= 11 is 1.21. The van der Waals surface area contributed by atoms with Crippen molar-refractivity contribution in [2.75, 3.05) is 12.4 Å². The summed E-state index contributed by atoms with van der Waals surface area (Å²) in [5.41, 5.74) is -0.901.